The van der Waals surface area contributed by atoms with E-state index in [4.69, 9.17) is 37.9 Å². The standard InChI is InChI=1S/C31H30O8.C27H22O6/c1-21(2)29(32)37-19-17-35-26-11-9-24(10-12-26)23-5-7-25(8-6-23)31(34)39-28-15-13-27(14-16-28)36-18-20-38-30(33)22(3)4;1-17(2)25(28)31-22-11-9-20(10-12-22)19-5-7-21(8-6-19)27(30)33-24-15-13-23(14-16-24)32-26(29)18(3)4/h5-16H,1,3,17-20H2,2,4H3;5-16H,1,3H2,2,4H3. The fourth-order valence-corrected chi connectivity index (χ4v) is 5.79. The first-order valence-electron chi connectivity index (χ1n) is 22.2. The highest BCUT2D eigenvalue weighted by atomic mass is 16.6. The number of ether oxygens (including phenoxy) is 8. The predicted molar refractivity (Wildman–Crippen MR) is 270 cm³/mol. The van der Waals surface area contributed by atoms with Crippen molar-refractivity contribution >= 4 is 35.8 Å². The van der Waals surface area contributed by atoms with Crippen molar-refractivity contribution in [3.8, 4) is 56.8 Å². The van der Waals surface area contributed by atoms with Gasteiger partial charge in [-0.05, 0) is 147 Å². The lowest BCUT2D eigenvalue weighted by atomic mass is 10.0. The molecular formula is C58H52O14. The van der Waals surface area contributed by atoms with Crippen LogP contribution in [0.1, 0.15) is 48.4 Å². The summed E-state index contributed by atoms with van der Waals surface area (Å²) in [6, 6.07) is 41.1. The lowest BCUT2D eigenvalue weighted by Crippen LogP contribution is -2.12. The maximum atomic E-state index is 12.6. The zero-order chi connectivity index (χ0) is 52.2. The van der Waals surface area contributed by atoms with Crippen LogP contribution in [0.3, 0.4) is 0 Å². The zero-order valence-corrected chi connectivity index (χ0v) is 40.2. The third-order valence-electron chi connectivity index (χ3n) is 9.67. The SMILES string of the molecule is C=C(C)C(=O)OCCOc1ccc(OC(=O)c2ccc(-c3ccc(OCCOC(=O)C(=C)C)cc3)cc2)cc1.C=C(C)C(=O)Oc1ccc(OC(=O)c2ccc(-c3ccc(OC(=O)C(=C)C)cc3)cc2)cc1. The molecule has 0 saturated heterocycles. The van der Waals surface area contributed by atoms with Crippen LogP contribution in [0.4, 0.5) is 0 Å². The van der Waals surface area contributed by atoms with E-state index in [2.05, 4.69) is 26.3 Å². The third kappa shape index (κ3) is 17.0. The van der Waals surface area contributed by atoms with Crippen molar-refractivity contribution in [2.45, 2.75) is 27.7 Å². The average molecular weight is 973 g/mol. The topological polar surface area (TPSA) is 176 Å². The number of esters is 6. The van der Waals surface area contributed by atoms with Crippen molar-refractivity contribution in [3.63, 3.8) is 0 Å². The molecule has 6 aromatic rings. The molecule has 0 heterocycles. The molecule has 0 radical (unpaired) electrons. The van der Waals surface area contributed by atoms with Gasteiger partial charge in [0.15, 0.2) is 0 Å². The van der Waals surface area contributed by atoms with Gasteiger partial charge in [-0.15, -0.1) is 0 Å². The van der Waals surface area contributed by atoms with Gasteiger partial charge in [-0.25, -0.2) is 28.8 Å². The Morgan fingerprint density at radius 2 is 0.542 bits per heavy atom. The lowest BCUT2D eigenvalue weighted by Gasteiger charge is -2.09. The van der Waals surface area contributed by atoms with E-state index in [1.807, 2.05) is 48.5 Å². The van der Waals surface area contributed by atoms with Crippen molar-refractivity contribution in [3.05, 3.63) is 205 Å². The molecule has 0 fully saturated rings. The van der Waals surface area contributed by atoms with E-state index in [0.717, 1.165) is 22.3 Å². The third-order valence-corrected chi connectivity index (χ3v) is 9.67. The second kappa shape index (κ2) is 26.5. The highest BCUT2D eigenvalue weighted by Crippen LogP contribution is 2.26. The fraction of sp³-hybridized carbons (Fsp3) is 0.138. The maximum Gasteiger partial charge on any atom is 0.343 e. The summed E-state index contributed by atoms with van der Waals surface area (Å²) in [5.74, 6) is -0.283. The van der Waals surface area contributed by atoms with E-state index in [1.54, 1.807) is 100 Å². The van der Waals surface area contributed by atoms with Crippen LogP contribution < -0.4 is 28.4 Å². The Morgan fingerprint density at radius 1 is 0.306 bits per heavy atom. The van der Waals surface area contributed by atoms with Crippen LogP contribution in [0, 0.1) is 0 Å². The summed E-state index contributed by atoms with van der Waals surface area (Å²) in [7, 11) is 0. The average Bonchev–Trinajstić information content (AvgIpc) is 3.38. The van der Waals surface area contributed by atoms with E-state index in [-0.39, 0.29) is 32.0 Å². The molecule has 0 aliphatic rings. The molecule has 0 spiro atoms. The van der Waals surface area contributed by atoms with Gasteiger partial charge >= 0.3 is 35.8 Å². The first kappa shape index (κ1) is 53.7. The van der Waals surface area contributed by atoms with Crippen LogP contribution >= 0.6 is 0 Å². The zero-order valence-electron chi connectivity index (χ0n) is 40.2. The minimum absolute atomic E-state index is 0.102. The van der Waals surface area contributed by atoms with E-state index in [9.17, 15) is 28.8 Å². The molecule has 0 amide bonds. The van der Waals surface area contributed by atoms with Gasteiger partial charge in [0, 0.05) is 22.3 Å². The molecule has 14 nitrogen and oxygen atoms in total. The fourth-order valence-electron chi connectivity index (χ4n) is 5.79. The number of carbonyl (C=O) groups excluding carboxylic acids is 6. The summed E-state index contributed by atoms with van der Waals surface area (Å²) in [5, 5.41) is 0. The monoisotopic (exact) mass is 972 g/mol. The van der Waals surface area contributed by atoms with Crippen molar-refractivity contribution in [1.29, 1.82) is 0 Å². The Labute approximate surface area is 417 Å². The van der Waals surface area contributed by atoms with Gasteiger partial charge in [-0.2, -0.15) is 0 Å². The summed E-state index contributed by atoms with van der Waals surface area (Å²) in [6.45, 7) is 21.1. The van der Waals surface area contributed by atoms with Crippen LogP contribution in [0.2, 0.25) is 0 Å². The van der Waals surface area contributed by atoms with Crippen molar-refractivity contribution in [1.82, 2.24) is 0 Å². The van der Waals surface area contributed by atoms with Gasteiger partial charge in [-0.1, -0.05) is 74.8 Å². The van der Waals surface area contributed by atoms with E-state index >= 15 is 0 Å². The normalized spacial score (nSPS) is 10.2. The van der Waals surface area contributed by atoms with E-state index < -0.39 is 35.8 Å². The molecule has 72 heavy (non-hydrogen) atoms. The van der Waals surface area contributed by atoms with Crippen molar-refractivity contribution < 1.29 is 66.7 Å². The molecule has 0 unspecified atom stereocenters. The summed E-state index contributed by atoms with van der Waals surface area (Å²) in [5.41, 5.74) is 5.71. The van der Waals surface area contributed by atoms with Gasteiger partial charge in [0.2, 0.25) is 0 Å². The highest BCUT2D eigenvalue weighted by molar-refractivity contribution is 5.93. The van der Waals surface area contributed by atoms with Gasteiger partial charge in [-0.3, -0.25) is 0 Å². The van der Waals surface area contributed by atoms with Crippen LogP contribution in [0.25, 0.3) is 22.3 Å². The van der Waals surface area contributed by atoms with E-state index in [0.29, 0.717) is 62.3 Å². The van der Waals surface area contributed by atoms with Gasteiger partial charge in [0.1, 0.15) is 60.9 Å². The quantitative estimate of drug-likeness (QED) is 0.0305. The summed E-state index contributed by atoms with van der Waals surface area (Å²) < 4.78 is 42.2. The molecule has 0 atom stereocenters. The Balaban J connectivity index is 0.000000271. The molecular weight excluding hydrogens is 921 g/mol. The number of rotatable bonds is 20. The Bertz CT molecular complexity index is 2910. The number of carbonyl (C=O) groups is 6. The summed E-state index contributed by atoms with van der Waals surface area (Å²) in [6.07, 6.45) is 0. The first-order valence-corrected chi connectivity index (χ1v) is 22.2. The molecule has 368 valence electrons. The van der Waals surface area contributed by atoms with Crippen LogP contribution in [-0.4, -0.2) is 62.2 Å². The molecule has 6 rings (SSSR count). The van der Waals surface area contributed by atoms with Crippen LogP contribution in [-0.2, 0) is 28.7 Å². The second-order valence-corrected chi connectivity index (χ2v) is 15.8. The molecule has 6 aromatic carbocycles. The summed E-state index contributed by atoms with van der Waals surface area (Å²) >= 11 is 0. The minimum Gasteiger partial charge on any atom is -0.490 e. The van der Waals surface area contributed by atoms with Crippen molar-refractivity contribution in [2.24, 2.45) is 0 Å². The van der Waals surface area contributed by atoms with Gasteiger partial charge < -0.3 is 37.9 Å². The van der Waals surface area contributed by atoms with Crippen LogP contribution in [0.5, 0.6) is 34.5 Å². The second-order valence-electron chi connectivity index (χ2n) is 15.8. The lowest BCUT2D eigenvalue weighted by molar-refractivity contribution is -0.140. The number of hydrogen-bond donors (Lipinski definition) is 0. The van der Waals surface area contributed by atoms with Crippen molar-refractivity contribution in [2.75, 3.05) is 26.4 Å². The molecule has 0 aliphatic heterocycles. The minimum atomic E-state index is -0.526. The van der Waals surface area contributed by atoms with E-state index in [1.165, 1.54) is 24.3 Å². The molecule has 0 bridgehead atoms. The van der Waals surface area contributed by atoms with Gasteiger partial charge in [0.05, 0.1) is 11.1 Å². The Kier molecular flexibility index (Phi) is 19.7. The molecule has 0 saturated carbocycles. The number of benzene rings is 6. The van der Waals surface area contributed by atoms with Crippen LogP contribution in [0.15, 0.2) is 194 Å². The smallest absolute Gasteiger partial charge is 0.343 e. The first-order chi connectivity index (χ1) is 34.4. The molecule has 0 N–H and O–H groups in total. The molecule has 14 heteroatoms. The summed E-state index contributed by atoms with van der Waals surface area (Å²) in [4.78, 5) is 70.9. The Morgan fingerprint density at radius 3 is 0.833 bits per heavy atom. The van der Waals surface area contributed by atoms with Gasteiger partial charge in [0.25, 0.3) is 0 Å². The predicted octanol–water partition coefficient (Wildman–Crippen LogP) is 11.1. The highest BCUT2D eigenvalue weighted by Gasteiger charge is 2.13. The Hall–Kier alpha value is -9.30. The molecule has 0 aromatic heterocycles. The largest absolute Gasteiger partial charge is 0.490 e. The maximum absolute atomic E-state index is 12.6. The number of hydrogen-bond acceptors (Lipinski definition) is 14. The molecule has 0 aliphatic carbocycles.